The van der Waals surface area contributed by atoms with Crippen LogP contribution in [0.4, 0.5) is 0 Å². The molecule has 0 aliphatic carbocycles. The van der Waals surface area contributed by atoms with Crippen molar-refractivity contribution < 1.29 is 36.1 Å². The van der Waals surface area contributed by atoms with Crippen molar-refractivity contribution in [2.75, 3.05) is 47.8 Å². The molecule has 0 N–H and O–H groups in total. The normalized spacial score (nSPS) is 11.0. The summed E-state index contributed by atoms with van der Waals surface area (Å²) in [6, 6.07) is 0.612. The van der Waals surface area contributed by atoms with E-state index in [1.807, 2.05) is 20.8 Å². The van der Waals surface area contributed by atoms with Gasteiger partial charge in [-0.2, -0.15) is 0 Å². The Balaban J connectivity index is 0. The topological polar surface area (TPSA) is 81.7 Å². The van der Waals surface area contributed by atoms with Crippen LogP contribution >= 0.6 is 0 Å². The van der Waals surface area contributed by atoms with Crippen LogP contribution in [0.1, 0.15) is 27.2 Å². The minimum Gasteiger partial charge on any atom is -0.463 e. The van der Waals surface area contributed by atoms with Crippen molar-refractivity contribution in [3.63, 3.8) is 0 Å². The summed E-state index contributed by atoms with van der Waals surface area (Å²) in [5.74, 6) is -0.422. The van der Waals surface area contributed by atoms with Gasteiger partial charge < -0.3 is 31.3 Å². The van der Waals surface area contributed by atoms with Gasteiger partial charge in [-0.25, -0.2) is 4.79 Å². The summed E-state index contributed by atoms with van der Waals surface area (Å²) in [5, 5.41) is 0. The van der Waals surface area contributed by atoms with Crippen LogP contribution in [0.5, 0.6) is 0 Å². The van der Waals surface area contributed by atoms with Crippen LogP contribution in [0.2, 0.25) is 6.04 Å². The molecule has 0 saturated carbocycles. The van der Waals surface area contributed by atoms with Crippen LogP contribution in [-0.2, 0) is 36.1 Å². The first-order valence-electron chi connectivity index (χ1n) is 8.28. The molecule has 0 atom stereocenters. The van der Waals surface area contributed by atoms with Crippen molar-refractivity contribution in [2.24, 2.45) is 0 Å². The Morgan fingerprint density at radius 3 is 1.72 bits per heavy atom. The lowest BCUT2D eigenvalue weighted by molar-refractivity contribution is -0.137. The Hall–Kier alpha value is -0.596. The molecule has 8 nitrogen and oxygen atoms in total. The van der Waals surface area contributed by atoms with E-state index in [0.717, 1.165) is 6.08 Å². The lowest BCUT2D eigenvalue weighted by Gasteiger charge is -2.23. The Morgan fingerprint density at radius 1 is 0.960 bits per heavy atom. The van der Waals surface area contributed by atoms with E-state index in [2.05, 4.69) is 6.58 Å². The van der Waals surface area contributed by atoms with Crippen molar-refractivity contribution in [3.8, 4) is 0 Å². The second-order valence-electron chi connectivity index (χ2n) is 4.43. The number of hydrogen-bond acceptors (Lipinski definition) is 8. The minimum absolute atomic E-state index is 0.315. The second kappa shape index (κ2) is 18.2. The molecule has 0 fully saturated rings. The fourth-order valence-electron chi connectivity index (χ4n) is 1.63. The highest BCUT2D eigenvalue weighted by Gasteiger charge is 2.36. The third-order valence-electron chi connectivity index (χ3n) is 2.88. The lowest BCUT2D eigenvalue weighted by atomic mass is 10.5. The molecule has 0 rings (SSSR count). The van der Waals surface area contributed by atoms with E-state index < -0.39 is 24.3 Å². The average Bonchev–Trinajstić information content (AvgIpc) is 2.63. The monoisotopic (exact) mass is 398 g/mol. The van der Waals surface area contributed by atoms with E-state index in [0.29, 0.717) is 38.9 Å². The number of rotatable bonds is 14. The molecular weight excluding hydrogens is 364 g/mol. The number of carbonyl (C=O) groups excluding carboxylic acids is 1. The summed E-state index contributed by atoms with van der Waals surface area (Å²) in [6.07, 6.45) is 1.77. The maximum absolute atomic E-state index is 10.7. The average molecular weight is 399 g/mol. The van der Waals surface area contributed by atoms with Crippen molar-refractivity contribution in [2.45, 2.75) is 33.2 Å². The van der Waals surface area contributed by atoms with Crippen LogP contribution < -0.4 is 0 Å². The van der Waals surface area contributed by atoms with E-state index in [9.17, 15) is 4.79 Å². The molecule has 0 bridgehead atoms. The van der Waals surface area contributed by atoms with Crippen molar-refractivity contribution in [1.29, 1.82) is 0 Å². The molecule has 10 heteroatoms. The number of ether oxygens (including phenoxy) is 1. The first-order chi connectivity index (χ1) is 12.0. The van der Waals surface area contributed by atoms with Crippen molar-refractivity contribution in [1.82, 2.24) is 0 Å². The van der Waals surface area contributed by atoms with Crippen molar-refractivity contribution in [3.05, 3.63) is 12.7 Å². The molecule has 0 spiro atoms. The summed E-state index contributed by atoms with van der Waals surface area (Å²) in [6.45, 7) is 11.5. The summed E-state index contributed by atoms with van der Waals surface area (Å²) in [5.41, 5.74) is 0. The lowest BCUT2D eigenvalue weighted by Crippen LogP contribution is -2.42. The quantitative estimate of drug-likeness (QED) is 0.190. The predicted molar refractivity (Wildman–Crippen MR) is 99.4 cm³/mol. The maximum Gasteiger partial charge on any atom is 0.500 e. The summed E-state index contributed by atoms with van der Waals surface area (Å²) in [7, 11) is 0.401. The minimum atomic E-state index is -2.52. The van der Waals surface area contributed by atoms with E-state index in [-0.39, 0.29) is 0 Å². The zero-order valence-corrected chi connectivity index (χ0v) is 18.5. The van der Waals surface area contributed by atoms with E-state index in [1.54, 1.807) is 21.3 Å². The van der Waals surface area contributed by atoms with E-state index in [4.69, 9.17) is 31.3 Å². The highest BCUT2D eigenvalue weighted by molar-refractivity contribution is 6.60. The van der Waals surface area contributed by atoms with Gasteiger partial charge in [-0.1, -0.05) is 6.58 Å². The number of hydrogen-bond donors (Lipinski definition) is 0. The van der Waals surface area contributed by atoms with Gasteiger partial charge in [0, 0.05) is 53.3 Å². The van der Waals surface area contributed by atoms with Gasteiger partial charge in [-0.05, 0) is 27.2 Å². The second-order valence-corrected chi connectivity index (χ2v) is 9.09. The van der Waals surface area contributed by atoms with Crippen LogP contribution in [0.25, 0.3) is 0 Å². The molecule has 0 aliphatic heterocycles. The summed E-state index contributed by atoms with van der Waals surface area (Å²) >= 11 is 0. The molecule has 150 valence electrons. The zero-order chi connectivity index (χ0) is 19.6. The van der Waals surface area contributed by atoms with Crippen LogP contribution in [-0.4, -0.2) is 72.1 Å². The van der Waals surface area contributed by atoms with Gasteiger partial charge in [0.05, 0.1) is 6.61 Å². The highest BCUT2D eigenvalue weighted by atomic mass is 28.4. The standard InChI is InChI=1S/C9H18O5Si.C6H16O3Si/c1-5-9(10)14-7-6-8-15(11-2,12-3)13-4;1-4-7-10(8-5-2)9-6-3/h5H,1,6-8H2,2-4H3;10H,4-6H2,1-3H3. The molecule has 0 amide bonds. The van der Waals surface area contributed by atoms with E-state index >= 15 is 0 Å². The number of esters is 1. The Morgan fingerprint density at radius 2 is 1.40 bits per heavy atom. The van der Waals surface area contributed by atoms with Crippen LogP contribution in [0.15, 0.2) is 12.7 Å². The van der Waals surface area contributed by atoms with Gasteiger partial charge in [0.1, 0.15) is 0 Å². The molecule has 0 aromatic heterocycles. The largest absolute Gasteiger partial charge is 0.500 e. The Labute approximate surface area is 154 Å². The SMILES string of the molecule is C=CC(=O)OCCC[Si](OC)(OC)OC.CCO[SiH](OCC)OCC. The summed E-state index contributed by atoms with van der Waals surface area (Å²) < 4.78 is 36.1. The summed E-state index contributed by atoms with van der Waals surface area (Å²) in [4.78, 5) is 10.7. The van der Waals surface area contributed by atoms with Gasteiger partial charge in [-0.15, -0.1) is 0 Å². The molecule has 0 heterocycles. The Kier molecular flexibility index (Phi) is 19.4. The zero-order valence-electron chi connectivity index (χ0n) is 16.4. The molecule has 0 aliphatic rings. The smallest absolute Gasteiger partial charge is 0.463 e. The molecule has 0 aromatic carbocycles. The van der Waals surface area contributed by atoms with Crippen molar-refractivity contribution >= 4 is 24.3 Å². The number of carbonyl (C=O) groups is 1. The molecule has 0 aromatic rings. The Bertz CT molecular complexity index is 304. The third-order valence-corrected chi connectivity index (χ3v) is 7.53. The van der Waals surface area contributed by atoms with Crippen LogP contribution in [0, 0.1) is 0 Å². The van der Waals surface area contributed by atoms with Gasteiger partial charge >= 0.3 is 24.3 Å². The first kappa shape index (κ1) is 26.6. The first-order valence-corrected chi connectivity index (χ1v) is 11.6. The fraction of sp³-hybridized carbons (Fsp3) is 0.800. The molecule has 0 saturated heterocycles. The molecule has 0 unspecified atom stereocenters. The van der Waals surface area contributed by atoms with Gasteiger partial charge in [-0.3, -0.25) is 0 Å². The highest BCUT2D eigenvalue weighted by Crippen LogP contribution is 2.14. The predicted octanol–water partition coefficient (Wildman–Crippen LogP) is 1.80. The third kappa shape index (κ3) is 14.3. The van der Waals surface area contributed by atoms with E-state index in [1.165, 1.54) is 0 Å². The van der Waals surface area contributed by atoms with Gasteiger partial charge in [0.25, 0.3) is 0 Å². The van der Waals surface area contributed by atoms with Crippen LogP contribution in [0.3, 0.4) is 0 Å². The molecule has 25 heavy (non-hydrogen) atoms. The maximum atomic E-state index is 10.7. The van der Waals surface area contributed by atoms with Gasteiger partial charge in [0.15, 0.2) is 0 Å². The molecular formula is C15H34O8Si2. The fourth-order valence-corrected chi connectivity index (χ4v) is 4.42. The molecule has 0 radical (unpaired) electrons. The van der Waals surface area contributed by atoms with Gasteiger partial charge in [0.2, 0.25) is 0 Å².